The van der Waals surface area contributed by atoms with Crippen LogP contribution in [-0.4, -0.2) is 40.5 Å². The van der Waals surface area contributed by atoms with Gasteiger partial charge in [0.05, 0.1) is 25.3 Å². The Labute approximate surface area is 244 Å². The van der Waals surface area contributed by atoms with E-state index in [4.69, 9.17) is 0 Å². The molecule has 7 nitrogen and oxygen atoms in total. The number of hydrogen-bond donors (Lipinski definition) is 2. The second kappa shape index (κ2) is 13.7. The summed E-state index contributed by atoms with van der Waals surface area (Å²) in [6.45, 7) is 3.86. The largest absolute Gasteiger partial charge is 0.469 e. The monoisotopic (exact) mass is 568 g/mol. The number of methoxy groups -OCH3 is 1. The Bertz CT molecular complexity index is 1580. The second-order valence-corrected chi connectivity index (χ2v) is 10.1. The molecular formula is C34H33FN2O5. The smallest absolute Gasteiger partial charge is 0.308 e. The predicted molar refractivity (Wildman–Crippen MR) is 161 cm³/mol. The fourth-order valence-corrected chi connectivity index (χ4v) is 4.86. The van der Waals surface area contributed by atoms with Crippen molar-refractivity contribution in [3.8, 4) is 22.3 Å². The molecule has 0 aliphatic rings. The number of aromatic nitrogens is 1. The number of carbonyl (C=O) groups is 3. The van der Waals surface area contributed by atoms with Crippen LogP contribution >= 0.6 is 0 Å². The van der Waals surface area contributed by atoms with Gasteiger partial charge in [0.1, 0.15) is 11.5 Å². The molecule has 1 amide bonds. The van der Waals surface area contributed by atoms with E-state index in [0.29, 0.717) is 33.8 Å². The molecule has 0 unspecified atom stereocenters. The average molecular weight is 569 g/mol. The van der Waals surface area contributed by atoms with E-state index in [2.05, 4.69) is 10.1 Å². The summed E-state index contributed by atoms with van der Waals surface area (Å²) in [7, 11) is 1.21. The maximum absolute atomic E-state index is 14.0. The van der Waals surface area contributed by atoms with E-state index >= 15 is 0 Å². The van der Waals surface area contributed by atoms with Gasteiger partial charge in [-0.3, -0.25) is 14.4 Å². The first-order chi connectivity index (χ1) is 20.2. The Hall–Kier alpha value is -4.82. The summed E-state index contributed by atoms with van der Waals surface area (Å²) in [6.07, 6.45) is 1.15. The number of aliphatic hydroxyl groups is 1. The number of allylic oxidation sites excluding steroid dienone is 1. The maximum Gasteiger partial charge on any atom is 0.308 e. The van der Waals surface area contributed by atoms with Crippen LogP contribution in [0.15, 0.2) is 91.0 Å². The maximum atomic E-state index is 14.0. The molecule has 4 aromatic rings. The van der Waals surface area contributed by atoms with Crippen LogP contribution in [0.4, 0.5) is 10.1 Å². The fourth-order valence-electron chi connectivity index (χ4n) is 4.86. The van der Waals surface area contributed by atoms with Crippen molar-refractivity contribution in [1.29, 1.82) is 0 Å². The number of esters is 1. The van der Waals surface area contributed by atoms with E-state index in [1.165, 1.54) is 25.3 Å². The summed E-state index contributed by atoms with van der Waals surface area (Å²) < 4.78 is 20.4. The zero-order valence-electron chi connectivity index (χ0n) is 23.7. The summed E-state index contributed by atoms with van der Waals surface area (Å²) in [4.78, 5) is 38.4. The summed E-state index contributed by atoms with van der Waals surface area (Å²) >= 11 is 0. The summed E-state index contributed by atoms with van der Waals surface area (Å²) in [5, 5.41) is 13.2. The third kappa shape index (κ3) is 7.08. The zero-order valence-corrected chi connectivity index (χ0v) is 23.7. The van der Waals surface area contributed by atoms with Gasteiger partial charge < -0.3 is 19.7 Å². The number of carbonyl (C=O) groups excluding carboxylic acids is 3. The van der Waals surface area contributed by atoms with Gasteiger partial charge in [-0.05, 0) is 61.4 Å². The van der Waals surface area contributed by atoms with Crippen LogP contribution in [0.25, 0.3) is 28.3 Å². The number of hydrogen-bond acceptors (Lipinski definition) is 5. The van der Waals surface area contributed by atoms with Crippen LogP contribution < -0.4 is 5.32 Å². The van der Waals surface area contributed by atoms with E-state index in [1.54, 1.807) is 30.3 Å². The molecule has 0 aliphatic carbocycles. The predicted octanol–water partition coefficient (Wildman–Crippen LogP) is 6.69. The zero-order chi connectivity index (χ0) is 30.2. The number of nitrogens with one attached hydrogen (secondary N) is 1. The van der Waals surface area contributed by atoms with Crippen LogP contribution in [0.5, 0.6) is 0 Å². The molecule has 216 valence electrons. The Morgan fingerprint density at radius 1 is 0.881 bits per heavy atom. The Balaban J connectivity index is 1.93. The highest BCUT2D eigenvalue weighted by molar-refractivity contribution is 6.12. The van der Waals surface area contributed by atoms with Gasteiger partial charge in [0.15, 0.2) is 5.78 Å². The highest BCUT2D eigenvalue weighted by Crippen LogP contribution is 2.42. The topological polar surface area (TPSA) is 97.6 Å². The van der Waals surface area contributed by atoms with E-state index in [-0.39, 0.29) is 24.8 Å². The van der Waals surface area contributed by atoms with Crippen LogP contribution in [0, 0.1) is 5.82 Å². The van der Waals surface area contributed by atoms with Gasteiger partial charge in [-0.1, -0.05) is 60.7 Å². The van der Waals surface area contributed by atoms with Crippen LogP contribution in [0.2, 0.25) is 0 Å². The lowest BCUT2D eigenvalue weighted by Gasteiger charge is -2.17. The summed E-state index contributed by atoms with van der Waals surface area (Å²) in [5.74, 6) is -1.79. The Kier molecular flexibility index (Phi) is 9.83. The first-order valence-electron chi connectivity index (χ1n) is 13.6. The number of rotatable bonds is 11. The molecule has 8 heteroatoms. The SMILES string of the molecule is COC(=O)C[C@H](O)CC(=O)C=Cc1c(-c2ccc(F)cc2)c(-c2ccccc2)c(C(=O)Nc2ccccc2)n1C(C)C. The number of nitrogens with zero attached hydrogens (tertiary/aromatic N) is 1. The number of para-hydroxylation sites is 1. The van der Waals surface area contributed by atoms with Crippen molar-refractivity contribution < 1.29 is 28.6 Å². The minimum absolute atomic E-state index is 0.224. The molecular weight excluding hydrogens is 535 g/mol. The number of anilines is 1. The molecule has 0 bridgehead atoms. The molecule has 0 fully saturated rings. The van der Waals surface area contributed by atoms with Gasteiger partial charge >= 0.3 is 5.97 Å². The minimum Gasteiger partial charge on any atom is -0.469 e. The quantitative estimate of drug-likeness (QED) is 0.155. The first kappa shape index (κ1) is 30.1. The molecule has 1 atom stereocenters. The third-order valence-corrected chi connectivity index (χ3v) is 6.70. The molecule has 1 aromatic heterocycles. The van der Waals surface area contributed by atoms with E-state index in [0.717, 1.165) is 5.56 Å². The van der Waals surface area contributed by atoms with Gasteiger partial charge in [0, 0.05) is 29.3 Å². The van der Waals surface area contributed by atoms with Gasteiger partial charge in [0.25, 0.3) is 5.91 Å². The van der Waals surface area contributed by atoms with Crippen molar-refractivity contribution in [2.45, 2.75) is 38.8 Å². The number of amides is 1. The molecule has 0 radical (unpaired) electrons. The number of benzene rings is 3. The Morgan fingerprint density at radius 3 is 2.07 bits per heavy atom. The molecule has 0 saturated carbocycles. The normalized spacial score (nSPS) is 12.0. The highest BCUT2D eigenvalue weighted by Gasteiger charge is 2.29. The lowest BCUT2D eigenvalue weighted by molar-refractivity contribution is -0.143. The number of ether oxygens (including phenoxy) is 1. The summed E-state index contributed by atoms with van der Waals surface area (Å²) in [6, 6.07) is 24.3. The first-order valence-corrected chi connectivity index (χ1v) is 13.6. The molecule has 0 saturated heterocycles. The van der Waals surface area contributed by atoms with Crippen LogP contribution in [-0.2, 0) is 14.3 Å². The van der Waals surface area contributed by atoms with Crippen molar-refractivity contribution in [2.75, 3.05) is 12.4 Å². The number of ketones is 1. The molecule has 0 spiro atoms. The fraction of sp³-hybridized carbons (Fsp3) is 0.206. The lowest BCUT2D eigenvalue weighted by atomic mass is 9.94. The number of aliphatic hydroxyl groups excluding tert-OH is 1. The molecule has 0 aliphatic heterocycles. The highest BCUT2D eigenvalue weighted by atomic mass is 19.1. The molecule has 2 N–H and O–H groups in total. The lowest BCUT2D eigenvalue weighted by Crippen LogP contribution is -2.20. The third-order valence-electron chi connectivity index (χ3n) is 6.70. The Morgan fingerprint density at radius 2 is 1.48 bits per heavy atom. The average Bonchev–Trinajstić information content (AvgIpc) is 3.33. The van der Waals surface area contributed by atoms with E-state index in [9.17, 15) is 23.9 Å². The molecule has 3 aromatic carbocycles. The molecule has 4 rings (SSSR count). The van der Waals surface area contributed by atoms with Gasteiger partial charge in [-0.2, -0.15) is 0 Å². The molecule has 42 heavy (non-hydrogen) atoms. The van der Waals surface area contributed by atoms with Crippen LogP contribution in [0.1, 0.15) is 48.9 Å². The van der Waals surface area contributed by atoms with Gasteiger partial charge in [-0.15, -0.1) is 0 Å². The molecule has 1 heterocycles. The standard InChI is InChI=1S/C34H33FN2O5/c1-22(2)37-29(19-18-27(38)20-28(39)21-30(40)42-3)31(24-14-16-25(35)17-15-24)32(23-10-6-4-7-11-23)33(37)34(41)36-26-12-8-5-9-13-26/h4-19,22,28,39H,20-21H2,1-3H3,(H,36,41)/t28-/m1/s1. The van der Waals surface area contributed by atoms with Gasteiger partial charge in [0.2, 0.25) is 0 Å². The van der Waals surface area contributed by atoms with Crippen molar-refractivity contribution in [2.24, 2.45) is 0 Å². The van der Waals surface area contributed by atoms with Crippen LogP contribution in [0.3, 0.4) is 0 Å². The van der Waals surface area contributed by atoms with Gasteiger partial charge in [-0.25, -0.2) is 4.39 Å². The van der Waals surface area contributed by atoms with Crippen molar-refractivity contribution >= 4 is 29.4 Å². The minimum atomic E-state index is -1.20. The van der Waals surface area contributed by atoms with Crippen molar-refractivity contribution in [3.05, 3.63) is 108 Å². The van der Waals surface area contributed by atoms with E-state index < -0.39 is 23.7 Å². The second-order valence-electron chi connectivity index (χ2n) is 10.1. The van der Waals surface area contributed by atoms with Crippen molar-refractivity contribution in [1.82, 2.24) is 4.57 Å². The summed E-state index contributed by atoms with van der Waals surface area (Å²) in [5.41, 5.74) is 4.24. The number of halogens is 1. The van der Waals surface area contributed by atoms with E-state index in [1.807, 2.05) is 66.9 Å². The van der Waals surface area contributed by atoms with Crippen molar-refractivity contribution in [3.63, 3.8) is 0 Å².